The molecule has 1 saturated heterocycles. The third kappa shape index (κ3) is 6.33. The smallest absolute Gasteiger partial charge is 0.326 e. The van der Waals surface area contributed by atoms with Crippen molar-refractivity contribution in [3.63, 3.8) is 0 Å². The molecule has 200 valence electrons. The monoisotopic (exact) mass is 527 g/mol. The number of carboxylic acids is 1. The second kappa shape index (κ2) is 11.4. The van der Waals surface area contributed by atoms with E-state index in [-0.39, 0.29) is 18.8 Å². The van der Waals surface area contributed by atoms with Gasteiger partial charge in [0.05, 0.1) is 12.1 Å². The fraction of sp³-hybridized carbons (Fsp3) is 0.565. The minimum Gasteiger partial charge on any atom is -0.480 e. The first-order valence-corrected chi connectivity index (χ1v) is 13.4. The Balaban J connectivity index is 1.78. The predicted molar refractivity (Wildman–Crippen MR) is 130 cm³/mol. The van der Waals surface area contributed by atoms with E-state index in [0.717, 1.165) is 10.9 Å². The summed E-state index contributed by atoms with van der Waals surface area (Å²) in [6, 6.07) is 4.69. The fourth-order valence-corrected chi connectivity index (χ4v) is 6.06. The topological polar surface area (TPSA) is 201 Å². The molecule has 2 aromatic rings. The number of aliphatic carboxylic acids is 1. The number of aromatic amines is 1. The highest BCUT2D eigenvalue weighted by molar-refractivity contribution is 7.56. The number of para-hydroxylation sites is 1. The van der Waals surface area contributed by atoms with Gasteiger partial charge in [-0.3, -0.25) is 9.36 Å². The Labute approximate surface area is 208 Å². The van der Waals surface area contributed by atoms with Gasteiger partial charge in [-0.15, -0.1) is 0 Å². The number of benzene rings is 1. The Hall–Kier alpha value is -2.31. The van der Waals surface area contributed by atoms with Crippen LogP contribution >= 0.6 is 7.52 Å². The zero-order valence-electron chi connectivity index (χ0n) is 20.2. The summed E-state index contributed by atoms with van der Waals surface area (Å²) in [5, 5.41) is 45.5. The summed E-state index contributed by atoms with van der Waals surface area (Å²) >= 11 is 0. The maximum Gasteiger partial charge on any atom is 0.326 e. The largest absolute Gasteiger partial charge is 0.480 e. The molecule has 0 spiro atoms. The summed E-state index contributed by atoms with van der Waals surface area (Å²) in [5.41, 5.74) is 1.50. The third-order valence-electron chi connectivity index (χ3n) is 6.25. The molecule has 1 aliphatic rings. The molecule has 0 saturated carbocycles. The van der Waals surface area contributed by atoms with Crippen LogP contribution in [0.2, 0.25) is 0 Å². The minimum atomic E-state index is -4.65. The van der Waals surface area contributed by atoms with E-state index in [1.165, 1.54) is 6.92 Å². The van der Waals surface area contributed by atoms with Crippen molar-refractivity contribution in [1.29, 1.82) is 0 Å². The number of amides is 1. The molecule has 1 fully saturated rings. The van der Waals surface area contributed by atoms with Crippen LogP contribution in [0, 0.1) is 5.92 Å². The van der Waals surface area contributed by atoms with Crippen molar-refractivity contribution < 1.29 is 44.2 Å². The highest BCUT2D eigenvalue weighted by Gasteiger charge is 2.50. The lowest BCUT2D eigenvalue weighted by Crippen LogP contribution is -2.58. The van der Waals surface area contributed by atoms with Gasteiger partial charge >= 0.3 is 5.97 Å². The molecule has 36 heavy (non-hydrogen) atoms. The van der Waals surface area contributed by atoms with Gasteiger partial charge in [0.25, 0.3) is 7.52 Å². The SMILES string of the molecule is CC(C)CC(NP(=O)(O)C1OC(C)C(O)C(O)C1O)C(=O)NC(Cc1c[nH]c2ccccc12)C(=O)O. The van der Waals surface area contributed by atoms with Crippen LogP contribution in [0.5, 0.6) is 0 Å². The number of aromatic nitrogens is 1. The molecular formula is C23H34N3O9P. The lowest BCUT2D eigenvalue weighted by molar-refractivity contribution is -0.197. The Morgan fingerprint density at radius 2 is 1.78 bits per heavy atom. The molecule has 0 radical (unpaired) electrons. The van der Waals surface area contributed by atoms with E-state index < -0.39 is 61.7 Å². The molecule has 0 aliphatic carbocycles. The number of fused-ring (bicyclic) bond motifs is 1. The summed E-state index contributed by atoms with van der Waals surface area (Å²) in [7, 11) is -4.65. The van der Waals surface area contributed by atoms with Gasteiger partial charge in [0.2, 0.25) is 5.91 Å². The van der Waals surface area contributed by atoms with Crippen LogP contribution in [-0.4, -0.2) is 84.5 Å². The second-order valence-electron chi connectivity index (χ2n) is 9.60. The van der Waals surface area contributed by atoms with Gasteiger partial charge in [-0.2, -0.15) is 0 Å². The van der Waals surface area contributed by atoms with Gasteiger partial charge in [0.15, 0.2) is 5.85 Å². The molecule has 12 nitrogen and oxygen atoms in total. The predicted octanol–water partition coefficient (Wildman–Crippen LogP) is 0.297. The van der Waals surface area contributed by atoms with Crippen molar-refractivity contribution in [2.24, 2.45) is 5.92 Å². The Kier molecular flexibility index (Phi) is 8.94. The quantitative estimate of drug-likeness (QED) is 0.199. The maximum absolute atomic E-state index is 13.2. The van der Waals surface area contributed by atoms with E-state index in [4.69, 9.17) is 4.74 Å². The molecular weight excluding hydrogens is 493 g/mol. The standard InChI is InChI=1S/C23H34N3O9P/c1-11(2)8-16(26-36(33,34)23-20(29)19(28)18(27)12(3)35-23)21(30)25-17(22(31)32)9-13-10-24-15-7-5-4-6-14(13)15/h4-7,10-12,16-20,23-24,27-29H,8-9H2,1-3H3,(H,25,30)(H,31,32)(H2,26,33,34). The first-order valence-electron chi connectivity index (χ1n) is 11.7. The lowest BCUT2D eigenvalue weighted by Gasteiger charge is -2.41. The van der Waals surface area contributed by atoms with Gasteiger partial charge in [0, 0.05) is 23.5 Å². The highest BCUT2D eigenvalue weighted by atomic mass is 31.2. The molecule has 13 heteroatoms. The number of carboxylic acid groups (broad SMARTS) is 1. The first-order chi connectivity index (χ1) is 16.8. The molecule has 1 aliphatic heterocycles. The van der Waals surface area contributed by atoms with Gasteiger partial charge in [-0.05, 0) is 30.9 Å². The average Bonchev–Trinajstić information content (AvgIpc) is 3.21. The van der Waals surface area contributed by atoms with Crippen LogP contribution in [0.1, 0.15) is 32.8 Å². The van der Waals surface area contributed by atoms with Crippen molar-refractivity contribution in [3.8, 4) is 0 Å². The number of nitrogens with one attached hydrogen (secondary N) is 3. The van der Waals surface area contributed by atoms with E-state index in [1.807, 2.05) is 24.3 Å². The van der Waals surface area contributed by atoms with Crippen molar-refractivity contribution in [2.75, 3.05) is 0 Å². The molecule has 1 amide bonds. The summed E-state index contributed by atoms with van der Waals surface area (Å²) in [6.07, 6.45) is -4.43. The van der Waals surface area contributed by atoms with E-state index in [0.29, 0.717) is 5.56 Å². The number of carbonyl (C=O) groups excluding carboxylic acids is 1. The molecule has 3 rings (SSSR count). The zero-order chi connectivity index (χ0) is 26.8. The molecule has 8 atom stereocenters. The maximum atomic E-state index is 13.2. The minimum absolute atomic E-state index is 0.0255. The molecule has 2 heterocycles. The van der Waals surface area contributed by atoms with Crippen molar-refractivity contribution in [3.05, 3.63) is 36.0 Å². The van der Waals surface area contributed by atoms with Gasteiger partial charge < -0.3 is 40.4 Å². The first kappa shape index (κ1) is 28.3. The number of carbonyl (C=O) groups is 2. The van der Waals surface area contributed by atoms with Crippen LogP contribution < -0.4 is 10.4 Å². The van der Waals surface area contributed by atoms with E-state index in [9.17, 15) is 39.5 Å². The number of hydrogen-bond acceptors (Lipinski definition) is 7. The number of hydrogen-bond donors (Lipinski definition) is 8. The molecule has 1 aromatic heterocycles. The van der Waals surface area contributed by atoms with Crippen LogP contribution in [0.4, 0.5) is 0 Å². The molecule has 1 aromatic carbocycles. The summed E-state index contributed by atoms with van der Waals surface area (Å²) in [5.74, 6) is -4.03. The fourth-order valence-electron chi connectivity index (χ4n) is 4.30. The van der Waals surface area contributed by atoms with Gasteiger partial charge in [-0.25, -0.2) is 9.88 Å². The van der Waals surface area contributed by atoms with Crippen molar-refractivity contribution >= 4 is 30.3 Å². The number of aliphatic hydroxyl groups excluding tert-OH is 3. The number of ether oxygens (including phenoxy) is 1. The van der Waals surface area contributed by atoms with Gasteiger partial charge in [0.1, 0.15) is 24.4 Å². The highest BCUT2D eigenvalue weighted by Crippen LogP contribution is 2.48. The number of aliphatic hydroxyl groups is 3. The van der Waals surface area contributed by atoms with Crippen molar-refractivity contribution in [2.45, 2.75) is 76.0 Å². The summed E-state index contributed by atoms with van der Waals surface area (Å²) in [6.45, 7) is 4.92. The van der Waals surface area contributed by atoms with Crippen LogP contribution in [0.25, 0.3) is 10.9 Å². The van der Waals surface area contributed by atoms with E-state index in [1.54, 1.807) is 20.0 Å². The number of H-pyrrole nitrogens is 1. The van der Waals surface area contributed by atoms with Crippen LogP contribution in [0.3, 0.4) is 0 Å². The molecule has 8 unspecified atom stereocenters. The van der Waals surface area contributed by atoms with Gasteiger partial charge in [-0.1, -0.05) is 32.0 Å². The second-order valence-corrected chi connectivity index (χ2v) is 11.6. The third-order valence-corrected chi connectivity index (χ3v) is 8.05. The average molecular weight is 528 g/mol. The zero-order valence-corrected chi connectivity index (χ0v) is 21.1. The van der Waals surface area contributed by atoms with E-state index >= 15 is 0 Å². The van der Waals surface area contributed by atoms with E-state index in [2.05, 4.69) is 15.4 Å². The van der Waals surface area contributed by atoms with Crippen LogP contribution in [-0.2, 0) is 25.3 Å². The number of rotatable bonds is 10. The Morgan fingerprint density at radius 3 is 2.42 bits per heavy atom. The normalized spacial score (nSPS) is 27.9. The Morgan fingerprint density at radius 1 is 1.11 bits per heavy atom. The molecule has 8 N–H and O–H groups in total. The van der Waals surface area contributed by atoms with Crippen molar-refractivity contribution in [1.82, 2.24) is 15.4 Å². The summed E-state index contributed by atoms with van der Waals surface area (Å²) in [4.78, 5) is 38.9. The summed E-state index contributed by atoms with van der Waals surface area (Å²) < 4.78 is 18.5. The van der Waals surface area contributed by atoms with Crippen LogP contribution in [0.15, 0.2) is 30.5 Å². The molecule has 0 bridgehead atoms. The Bertz CT molecular complexity index is 1120. The lowest BCUT2D eigenvalue weighted by atomic mass is 10.0.